The largest absolute Gasteiger partial charge is 0.480 e. The molecule has 0 aliphatic heterocycles. The molecule has 0 radical (unpaired) electrons. The van der Waals surface area contributed by atoms with E-state index in [0.29, 0.717) is 23.1 Å². The fourth-order valence-electron chi connectivity index (χ4n) is 2.36. The predicted molar refractivity (Wildman–Crippen MR) is 102 cm³/mol. The van der Waals surface area contributed by atoms with Gasteiger partial charge in [0, 0.05) is 23.2 Å². The Morgan fingerprint density at radius 3 is 2.46 bits per heavy atom. The summed E-state index contributed by atoms with van der Waals surface area (Å²) in [5, 5.41) is 15.5. The number of aliphatic carboxylic acids is 1. The van der Waals surface area contributed by atoms with Crippen molar-refractivity contribution >= 4 is 29.3 Å². The van der Waals surface area contributed by atoms with E-state index in [4.69, 9.17) is 16.7 Å². The summed E-state index contributed by atoms with van der Waals surface area (Å²) in [6.07, 6.45) is 0. The van der Waals surface area contributed by atoms with Gasteiger partial charge in [-0.3, -0.25) is 4.79 Å². The molecule has 6 nitrogen and oxygen atoms in total. The number of aromatic nitrogens is 2. The van der Waals surface area contributed by atoms with Crippen LogP contribution in [0.2, 0.25) is 5.02 Å². The van der Waals surface area contributed by atoms with Crippen LogP contribution in [0.15, 0.2) is 60.7 Å². The molecule has 0 amide bonds. The van der Waals surface area contributed by atoms with Crippen molar-refractivity contribution in [2.24, 2.45) is 0 Å². The third-order valence-electron chi connectivity index (χ3n) is 3.61. The van der Waals surface area contributed by atoms with E-state index in [1.165, 1.54) is 0 Å². The van der Waals surface area contributed by atoms with E-state index >= 15 is 0 Å². The van der Waals surface area contributed by atoms with Crippen molar-refractivity contribution in [3.05, 3.63) is 71.2 Å². The first kappa shape index (κ1) is 17.7. The number of carboxylic acids is 1. The molecule has 0 fully saturated rings. The van der Waals surface area contributed by atoms with Crippen LogP contribution in [-0.2, 0) is 11.3 Å². The van der Waals surface area contributed by atoms with Gasteiger partial charge in [-0.05, 0) is 11.6 Å². The lowest BCUT2D eigenvalue weighted by Crippen LogP contribution is -2.15. The highest BCUT2D eigenvalue weighted by atomic mass is 35.5. The second kappa shape index (κ2) is 8.31. The van der Waals surface area contributed by atoms with Gasteiger partial charge in [0.15, 0.2) is 0 Å². The number of halogens is 1. The van der Waals surface area contributed by atoms with E-state index in [-0.39, 0.29) is 12.5 Å². The van der Waals surface area contributed by atoms with Crippen molar-refractivity contribution in [2.45, 2.75) is 6.54 Å². The SMILES string of the molecule is O=C(O)CNc1nc(NCc2ccccc2Cl)cc(-c2ccccc2)n1. The van der Waals surface area contributed by atoms with E-state index in [1.54, 1.807) is 0 Å². The maximum Gasteiger partial charge on any atom is 0.322 e. The topological polar surface area (TPSA) is 87.1 Å². The van der Waals surface area contributed by atoms with Crippen LogP contribution in [0.4, 0.5) is 11.8 Å². The number of carboxylic acid groups (broad SMARTS) is 1. The molecule has 0 atom stereocenters. The van der Waals surface area contributed by atoms with Crippen LogP contribution in [0, 0.1) is 0 Å². The molecule has 132 valence electrons. The van der Waals surface area contributed by atoms with Crippen molar-refractivity contribution in [1.82, 2.24) is 9.97 Å². The Bertz CT molecular complexity index is 903. The molecule has 3 N–H and O–H groups in total. The summed E-state index contributed by atoms with van der Waals surface area (Å²) in [5.41, 5.74) is 2.54. The first-order valence-corrected chi connectivity index (χ1v) is 8.37. The van der Waals surface area contributed by atoms with E-state index in [0.717, 1.165) is 11.1 Å². The average molecular weight is 369 g/mol. The average Bonchev–Trinajstić information content (AvgIpc) is 2.66. The lowest BCUT2D eigenvalue weighted by Gasteiger charge is -2.11. The molecule has 0 saturated carbocycles. The number of carbonyl (C=O) groups is 1. The minimum absolute atomic E-state index is 0.246. The Morgan fingerprint density at radius 1 is 1.00 bits per heavy atom. The van der Waals surface area contributed by atoms with E-state index < -0.39 is 5.97 Å². The smallest absolute Gasteiger partial charge is 0.322 e. The molecule has 0 spiro atoms. The van der Waals surface area contributed by atoms with E-state index in [9.17, 15) is 4.79 Å². The van der Waals surface area contributed by atoms with Crippen molar-refractivity contribution in [2.75, 3.05) is 17.2 Å². The highest BCUT2D eigenvalue weighted by Gasteiger charge is 2.08. The first-order valence-electron chi connectivity index (χ1n) is 7.99. The molecule has 0 aliphatic carbocycles. The second-order valence-electron chi connectivity index (χ2n) is 5.52. The van der Waals surface area contributed by atoms with Crippen molar-refractivity contribution in [1.29, 1.82) is 0 Å². The maximum atomic E-state index is 10.8. The molecule has 1 heterocycles. The molecule has 26 heavy (non-hydrogen) atoms. The zero-order valence-electron chi connectivity index (χ0n) is 13.8. The molecule has 0 bridgehead atoms. The lowest BCUT2D eigenvalue weighted by molar-refractivity contribution is -0.134. The van der Waals surface area contributed by atoms with E-state index in [1.807, 2.05) is 60.7 Å². The Balaban J connectivity index is 1.86. The number of hydrogen-bond acceptors (Lipinski definition) is 5. The van der Waals surface area contributed by atoms with Gasteiger partial charge in [0.2, 0.25) is 5.95 Å². The van der Waals surface area contributed by atoms with Gasteiger partial charge in [0.05, 0.1) is 5.69 Å². The molecular formula is C19H17ClN4O2. The molecule has 0 aliphatic rings. The molecule has 0 saturated heterocycles. The number of nitrogens with one attached hydrogen (secondary N) is 2. The van der Waals surface area contributed by atoms with Gasteiger partial charge >= 0.3 is 5.97 Å². The van der Waals surface area contributed by atoms with E-state index in [2.05, 4.69) is 20.6 Å². The predicted octanol–water partition coefficient (Wildman–Crippen LogP) is 3.91. The van der Waals surface area contributed by atoms with Gasteiger partial charge in [0.25, 0.3) is 0 Å². The summed E-state index contributed by atoms with van der Waals surface area (Å²) in [5.74, 6) is -0.161. The Labute approximate surface area is 155 Å². The summed E-state index contributed by atoms with van der Waals surface area (Å²) in [6, 6.07) is 19.0. The fraction of sp³-hybridized carbons (Fsp3) is 0.105. The standard InChI is InChI=1S/C19H17ClN4O2/c20-15-9-5-4-8-14(15)11-21-17-10-16(13-6-2-1-3-7-13)23-19(24-17)22-12-18(25)26/h1-10H,11-12H2,(H,25,26)(H2,21,22,23,24). The van der Waals surface area contributed by atoms with Crippen LogP contribution < -0.4 is 10.6 Å². The first-order chi connectivity index (χ1) is 12.6. The normalized spacial score (nSPS) is 10.3. The highest BCUT2D eigenvalue weighted by Crippen LogP contribution is 2.22. The Kier molecular flexibility index (Phi) is 5.66. The monoisotopic (exact) mass is 368 g/mol. The zero-order chi connectivity index (χ0) is 18.4. The second-order valence-corrected chi connectivity index (χ2v) is 5.93. The molecule has 2 aromatic carbocycles. The van der Waals surface area contributed by atoms with Gasteiger partial charge in [-0.1, -0.05) is 60.1 Å². The van der Waals surface area contributed by atoms with Crippen LogP contribution in [0.3, 0.4) is 0 Å². The summed E-state index contributed by atoms with van der Waals surface area (Å²) in [4.78, 5) is 19.5. The lowest BCUT2D eigenvalue weighted by atomic mass is 10.1. The number of hydrogen-bond donors (Lipinski definition) is 3. The molecule has 3 rings (SSSR count). The Hall–Kier alpha value is -3.12. The minimum Gasteiger partial charge on any atom is -0.480 e. The molecule has 0 unspecified atom stereocenters. The van der Waals surface area contributed by atoms with Crippen LogP contribution in [0.25, 0.3) is 11.3 Å². The van der Waals surface area contributed by atoms with Gasteiger partial charge < -0.3 is 15.7 Å². The number of nitrogens with zero attached hydrogens (tertiary/aromatic N) is 2. The Morgan fingerprint density at radius 2 is 1.73 bits per heavy atom. The third kappa shape index (κ3) is 4.70. The molecule has 7 heteroatoms. The summed E-state index contributed by atoms with van der Waals surface area (Å²) >= 11 is 6.18. The van der Waals surface area contributed by atoms with Crippen molar-refractivity contribution in [3.8, 4) is 11.3 Å². The summed E-state index contributed by atoms with van der Waals surface area (Å²) < 4.78 is 0. The van der Waals surface area contributed by atoms with Crippen molar-refractivity contribution < 1.29 is 9.90 Å². The molecule has 1 aromatic heterocycles. The third-order valence-corrected chi connectivity index (χ3v) is 3.98. The maximum absolute atomic E-state index is 10.8. The van der Waals surface area contributed by atoms with Gasteiger partial charge in [-0.2, -0.15) is 4.98 Å². The minimum atomic E-state index is -0.982. The summed E-state index contributed by atoms with van der Waals surface area (Å²) in [7, 11) is 0. The van der Waals surface area contributed by atoms with Crippen LogP contribution >= 0.6 is 11.6 Å². The van der Waals surface area contributed by atoms with Gasteiger partial charge in [-0.15, -0.1) is 0 Å². The number of anilines is 2. The van der Waals surface area contributed by atoms with Gasteiger partial charge in [0.1, 0.15) is 12.4 Å². The molecular weight excluding hydrogens is 352 g/mol. The molecule has 3 aromatic rings. The van der Waals surface area contributed by atoms with Crippen LogP contribution in [0.5, 0.6) is 0 Å². The fourth-order valence-corrected chi connectivity index (χ4v) is 2.56. The quantitative estimate of drug-likeness (QED) is 0.586. The number of rotatable bonds is 7. The van der Waals surface area contributed by atoms with Gasteiger partial charge in [-0.25, -0.2) is 4.98 Å². The van der Waals surface area contributed by atoms with Crippen molar-refractivity contribution in [3.63, 3.8) is 0 Å². The summed E-state index contributed by atoms with van der Waals surface area (Å²) in [6.45, 7) is 0.228. The van der Waals surface area contributed by atoms with Crippen LogP contribution in [-0.4, -0.2) is 27.6 Å². The highest BCUT2D eigenvalue weighted by molar-refractivity contribution is 6.31. The number of benzene rings is 2. The van der Waals surface area contributed by atoms with Crippen LogP contribution in [0.1, 0.15) is 5.56 Å². The zero-order valence-corrected chi connectivity index (χ0v) is 14.6.